The van der Waals surface area contributed by atoms with Gasteiger partial charge in [0, 0.05) is 24.1 Å². The lowest BCUT2D eigenvalue weighted by Crippen LogP contribution is -2.54. The monoisotopic (exact) mass is 418 g/mol. The lowest BCUT2D eigenvalue weighted by molar-refractivity contribution is -0.0297. The van der Waals surface area contributed by atoms with Gasteiger partial charge in [-0.2, -0.15) is 5.10 Å². The van der Waals surface area contributed by atoms with Gasteiger partial charge in [0.05, 0.1) is 31.0 Å². The Hall–Kier alpha value is -2.85. The molecule has 8 nitrogen and oxygen atoms in total. The Labute approximate surface area is 170 Å². The summed E-state index contributed by atoms with van der Waals surface area (Å²) in [5.41, 5.74) is 7.91. The molecule has 158 valence electrons. The third-order valence-electron chi connectivity index (χ3n) is 6.20. The molecule has 1 amide bonds. The van der Waals surface area contributed by atoms with Gasteiger partial charge in [-0.25, -0.2) is 18.3 Å². The molecule has 1 aromatic carbocycles. The molecule has 2 aromatic rings. The van der Waals surface area contributed by atoms with Crippen LogP contribution in [0.15, 0.2) is 18.2 Å². The number of rotatable bonds is 4. The van der Waals surface area contributed by atoms with Crippen LogP contribution >= 0.6 is 0 Å². The Kier molecular flexibility index (Phi) is 4.37. The van der Waals surface area contributed by atoms with Crippen molar-refractivity contribution in [3.63, 3.8) is 0 Å². The van der Waals surface area contributed by atoms with Crippen LogP contribution in [-0.2, 0) is 11.2 Å². The van der Waals surface area contributed by atoms with Crippen LogP contribution < -0.4 is 5.73 Å². The van der Waals surface area contributed by atoms with E-state index in [1.807, 2.05) is 0 Å². The van der Waals surface area contributed by atoms with Gasteiger partial charge in [0.2, 0.25) is 5.78 Å². The molecule has 2 fully saturated rings. The first-order chi connectivity index (χ1) is 14.3. The smallest absolute Gasteiger partial charge is 0.407 e. The van der Waals surface area contributed by atoms with Gasteiger partial charge >= 0.3 is 6.09 Å². The number of morpholine rings is 1. The number of halogens is 2. The molecular weight excluding hydrogens is 398 g/mol. The van der Waals surface area contributed by atoms with Gasteiger partial charge in [0.25, 0.3) is 0 Å². The maximum absolute atomic E-state index is 14.4. The molecule has 4 atom stereocenters. The second-order valence-corrected chi connectivity index (χ2v) is 8.05. The number of Topliss-reactive ketones (excluding diaryl/α,β-unsaturated/α-hetero) is 1. The lowest BCUT2D eigenvalue weighted by atomic mass is 9.99. The third-order valence-corrected chi connectivity index (χ3v) is 6.20. The molecule has 1 aromatic heterocycles. The van der Waals surface area contributed by atoms with Gasteiger partial charge in [-0.15, -0.1) is 0 Å². The van der Waals surface area contributed by atoms with E-state index >= 15 is 0 Å². The molecule has 0 spiro atoms. The van der Waals surface area contributed by atoms with Crippen LogP contribution in [0.25, 0.3) is 5.69 Å². The molecule has 3 N–H and O–H groups in total. The standard InChI is InChI=1S/C20H20F2N4O4/c21-10-1-2-14(13(22)7-10)26-18-11-5-9(11)6-12(18)17(24-26)19(27)16(23)15-8-25(20(28)29)3-4-30-15/h1-2,7,9,11,15-16H,3-6,8,23H2,(H,28,29)/t9-,11-,15?,16?/m1/s1. The molecule has 2 aliphatic carbocycles. The summed E-state index contributed by atoms with van der Waals surface area (Å²) in [5, 5.41) is 13.6. The van der Waals surface area contributed by atoms with Crippen LogP contribution in [0.2, 0.25) is 0 Å². The van der Waals surface area contributed by atoms with Gasteiger partial charge in [-0.1, -0.05) is 0 Å². The second kappa shape index (κ2) is 6.85. The quantitative estimate of drug-likeness (QED) is 0.732. The number of hydrogen-bond donors (Lipinski definition) is 2. The highest BCUT2D eigenvalue weighted by molar-refractivity contribution is 6.00. The van der Waals surface area contributed by atoms with E-state index < -0.39 is 35.7 Å². The fourth-order valence-electron chi connectivity index (χ4n) is 4.54. The van der Waals surface area contributed by atoms with Crippen LogP contribution in [0.5, 0.6) is 0 Å². The largest absolute Gasteiger partial charge is 0.465 e. The molecule has 10 heteroatoms. The van der Waals surface area contributed by atoms with Crippen molar-refractivity contribution in [1.82, 2.24) is 14.7 Å². The average molecular weight is 418 g/mol. The van der Waals surface area contributed by atoms with Crippen molar-refractivity contribution in [2.45, 2.75) is 30.9 Å². The summed E-state index contributed by atoms with van der Waals surface area (Å²) in [6.07, 6.45) is -0.286. The Balaban J connectivity index is 1.49. The third kappa shape index (κ3) is 2.98. The van der Waals surface area contributed by atoms with Crippen LogP contribution in [-0.4, -0.2) is 63.5 Å². The van der Waals surface area contributed by atoms with Crippen LogP contribution in [0.4, 0.5) is 13.6 Å². The second-order valence-electron chi connectivity index (χ2n) is 8.05. The van der Waals surface area contributed by atoms with Gasteiger partial charge in [0.1, 0.15) is 17.2 Å². The summed E-state index contributed by atoms with van der Waals surface area (Å²) >= 11 is 0. The molecule has 1 saturated heterocycles. The normalized spacial score (nSPS) is 25.6. The minimum Gasteiger partial charge on any atom is -0.465 e. The highest BCUT2D eigenvalue weighted by Gasteiger charge is 2.51. The van der Waals surface area contributed by atoms with E-state index in [0.29, 0.717) is 12.3 Å². The van der Waals surface area contributed by atoms with Crippen molar-refractivity contribution >= 4 is 11.9 Å². The fourth-order valence-corrected chi connectivity index (χ4v) is 4.54. The van der Waals surface area contributed by atoms with E-state index in [4.69, 9.17) is 10.5 Å². The molecule has 0 radical (unpaired) electrons. The van der Waals surface area contributed by atoms with E-state index in [0.717, 1.165) is 34.7 Å². The van der Waals surface area contributed by atoms with Crippen molar-refractivity contribution in [2.75, 3.05) is 19.7 Å². The Bertz CT molecular complexity index is 1060. The summed E-state index contributed by atoms with van der Waals surface area (Å²) in [7, 11) is 0. The van der Waals surface area contributed by atoms with Crippen molar-refractivity contribution < 1.29 is 28.2 Å². The molecule has 30 heavy (non-hydrogen) atoms. The number of fused-ring (bicyclic) bond motifs is 3. The molecular formula is C20H20F2N4O4. The molecule has 1 saturated carbocycles. The average Bonchev–Trinajstić information content (AvgIpc) is 3.23. The zero-order valence-corrected chi connectivity index (χ0v) is 15.9. The zero-order valence-electron chi connectivity index (χ0n) is 15.9. The van der Waals surface area contributed by atoms with Crippen molar-refractivity contribution in [1.29, 1.82) is 0 Å². The predicted molar refractivity (Wildman–Crippen MR) is 99.7 cm³/mol. The van der Waals surface area contributed by atoms with Crippen LogP contribution in [0.3, 0.4) is 0 Å². The summed E-state index contributed by atoms with van der Waals surface area (Å²) in [5.74, 6) is -1.33. The fraction of sp³-hybridized carbons (Fsp3) is 0.450. The van der Waals surface area contributed by atoms with Crippen molar-refractivity contribution in [3.8, 4) is 5.69 Å². The van der Waals surface area contributed by atoms with E-state index in [-0.39, 0.29) is 37.0 Å². The first-order valence-electron chi connectivity index (χ1n) is 9.81. The molecule has 5 rings (SSSR count). The van der Waals surface area contributed by atoms with E-state index in [2.05, 4.69) is 5.10 Å². The molecule has 1 aliphatic heterocycles. The van der Waals surface area contributed by atoms with Crippen molar-refractivity contribution in [3.05, 3.63) is 46.8 Å². The first kappa shape index (κ1) is 19.1. The SMILES string of the molecule is NC(C(=O)c1nn(-c2ccc(F)cc2F)c2c1C[C@H]1C[C@@H]21)C1CN(C(=O)O)CCO1. The van der Waals surface area contributed by atoms with Gasteiger partial charge in [-0.3, -0.25) is 4.79 Å². The topological polar surface area (TPSA) is 111 Å². The summed E-state index contributed by atoms with van der Waals surface area (Å²) in [6, 6.07) is 2.13. The van der Waals surface area contributed by atoms with Crippen molar-refractivity contribution in [2.24, 2.45) is 11.7 Å². The predicted octanol–water partition coefficient (Wildman–Crippen LogP) is 1.70. The number of amides is 1. The lowest BCUT2D eigenvalue weighted by Gasteiger charge is -2.33. The number of benzene rings is 1. The molecule has 2 unspecified atom stereocenters. The number of nitrogens with zero attached hydrogens (tertiary/aromatic N) is 3. The molecule has 0 bridgehead atoms. The number of carbonyl (C=O) groups excluding carboxylic acids is 1. The number of ketones is 1. The maximum Gasteiger partial charge on any atom is 0.407 e. The van der Waals surface area contributed by atoms with E-state index in [9.17, 15) is 23.5 Å². The van der Waals surface area contributed by atoms with Crippen LogP contribution in [0, 0.1) is 17.6 Å². The molecule has 3 aliphatic rings. The van der Waals surface area contributed by atoms with Gasteiger partial charge < -0.3 is 20.5 Å². The highest BCUT2D eigenvalue weighted by atomic mass is 19.1. The zero-order chi connectivity index (χ0) is 21.2. The Morgan fingerprint density at radius 1 is 1.33 bits per heavy atom. The van der Waals surface area contributed by atoms with Crippen LogP contribution in [0.1, 0.15) is 34.1 Å². The minimum absolute atomic E-state index is 0.0109. The number of nitrogens with two attached hydrogens (primary N) is 1. The Morgan fingerprint density at radius 3 is 2.87 bits per heavy atom. The van der Waals surface area contributed by atoms with Gasteiger partial charge in [-0.05, 0) is 30.9 Å². The maximum atomic E-state index is 14.4. The van der Waals surface area contributed by atoms with E-state index in [1.54, 1.807) is 0 Å². The number of hydrogen-bond acceptors (Lipinski definition) is 5. The summed E-state index contributed by atoms with van der Waals surface area (Å²) in [6.45, 7) is 0.350. The molecule has 2 heterocycles. The highest BCUT2D eigenvalue weighted by Crippen LogP contribution is 2.57. The first-order valence-corrected chi connectivity index (χ1v) is 9.81. The summed E-state index contributed by atoms with van der Waals surface area (Å²) < 4.78 is 34.7. The number of ether oxygens (including phenoxy) is 1. The van der Waals surface area contributed by atoms with E-state index in [1.165, 1.54) is 10.7 Å². The number of carbonyl (C=O) groups is 2. The minimum atomic E-state index is -1.10. The number of aromatic nitrogens is 2. The Morgan fingerprint density at radius 2 is 2.13 bits per heavy atom. The summed E-state index contributed by atoms with van der Waals surface area (Å²) in [4.78, 5) is 25.6. The number of carboxylic acid groups (broad SMARTS) is 1. The van der Waals surface area contributed by atoms with Gasteiger partial charge in [0.15, 0.2) is 5.82 Å².